The van der Waals surface area contributed by atoms with Crippen LogP contribution in [-0.2, 0) is 81.5 Å². The van der Waals surface area contributed by atoms with Gasteiger partial charge in [0.2, 0.25) is 0 Å². The van der Waals surface area contributed by atoms with Crippen LogP contribution in [0.4, 0.5) is 0 Å². The monoisotopic (exact) mass is 936 g/mol. The Morgan fingerprint density at radius 1 is 0.647 bits per heavy atom. The maximum absolute atomic E-state index is 13.1. The van der Waals surface area contributed by atoms with Gasteiger partial charge >= 0.3 is 11.9 Å². The highest BCUT2D eigenvalue weighted by molar-refractivity contribution is 5.67. The molecule has 3 heterocycles. The van der Waals surface area contributed by atoms with Crippen LogP contribution >= 0.6 is 0 Å². The minimum Gasteiger partial charge on any atom is -0.455 e. The maximum atomic E-state index is 13.1. The summed E-state index contributed by atoms with van der Waals surface area (Å²) in [4.78, 5) is 26.0. The summed E-state index contributed by atoms with van der Waals surface area (Å²) in [7, 11) is 0. The number of carbonyl (C=O) groups excluding carboxylic acids is 2. The highest BCUT2D eigenvalue weighted by atomic mass is 16.8. The summed E-state index contributed by atoms with van der Waals surface area (Å²) in [5, 5.41) is 0. The molecule has 0 saturated carbocycles. The molecule has 3 aliphatic rings. The van der Waals surface area contributed by atoms with Crippen LogP contribution < -0.4 is 0 Å². The van der Waals surface area contributed by atoms with E-state index < -0.39 is 79.6 Å². The van der Waals surface area contributed by atoms with Gasteiger partial charge < -0.3 is 52.1 Å². The van der Waals surface area contributed by atoms with E-state index >= 15 is 0 Å². The summed E-state index contributed by atoms with van der Waals surface area (Å²) in [6.07, 6.45) is -2.94. The molecule has 0 aromatic heterocycles. The van der Waals surface area contributed by atoms with Gasteiger partial charge in [0.1, 0.15) is 36.6 Å². The van der Waals surface area contributed by atoms with E-state index in [4.69, 9.17) is 52.1 Å². The van der Waals surface area contributed by atoms with E-state index in [0.717, 1.165) is 67.2 Å². The lowest BCUT2D eigenvalue weighted by Gasteiger charge is -2.51. The zero-order valence-electron chi connectivity index (χ0n) is 39.6. The van der Waals surface area contributed by atoms with Gasteiger partial charge in [-0.15, -0.1) is 6.58 Å². The van der Waals surface area contributed by atoms with Crippen LogP contribution in [0.3, 0.4) is 0 Å². The van der Waals surface area contributed by atoms with Crippen molar-refractivity contribution in [1.29, 1.82) is 0 Å². The number of unbranched alkanes of at least 4 members (excludes halogenated alkanes) is 3. The van der Waals surface area contributed by atoms with E-state index in [1.807, 2.05) is 127 Å². The van der Waals surface area contributed by atoms with Crippen molar-refractivity contribution < 1.29 is 61.7 Å². The first-order valence-electron chi connectivity index (χ1n) is 24.1. The molecule has 4 aromatic carbocycles. The molecule has 3 fully saturated rings. The molecule has 0 radical (unpaired) electrons. The standard InChI is InChI=1S/C55H68O13/c1-5-7-13-31-44(32-14-8-6-2)64-54-51(68-55-52(63-39(4)57)50(62-38(3)56)48-46(66-55)37-61-53(67-48)43-29-21-12-22-30-43)49(60-35-42-27-19-11-20-28-42)47(59-34-41-25-17-10-18-26-41)45(65-54)36-58-33-40-23-15-9-16-24-40/h5,9-12,15-30,44-55H,1,6-8,13-14,31-37H2,2-4H3/t44-,45-,46-,47-,48-,49+,50+,51-,52-,53?,54-,55+/m1/s1. The second-order valence-electron chi connectivity index (χ2n) is 17.5. The zero-order valence-corrected chi connectivity index (χ0v) is 39.6. The van der Waals surface area contributed by atoms with Gasteiger partial charge in [0.25, 0.3) is 0 Å². The Balaban J connectivity index is 1.28. The number of hydrogen-bond donors (Lipinski definition) is 0. The fraction of sp³-hybridized carbons (Fsp3) is 0.491. The topological polar surface area (TPSA) is 136 Å². The minimum absolute atomic E-state index is 0.0517. The molecular formula is C55H68O13. The first-order valence-corrected chi connectivity index (χ1v) is 24.1. The second kappa shape index (κ2) is 26.8. The third-order valence-electron chi connectivity index (χ3n) is 12.2. The molecule has 0 bridgehead atoms. The maximum Gasteiger partial charge on any atom is 0.303 e. The summed E-state index contributed by atoms with van der Waals surface area (Å²) in [5.41, 5.74) is 3.63. The zero-order chi connectivity index (χ0) is 47.5. The van der Waals surface area contributed by atoms with Crippen LogP contribution in [0.5, 0.6) is 0 Å². The molecule has 0 N–H and O–H groups in total. The summed E-state index contributed by atoms with van der Waals surface area (Å²) < 4.78 is 73.3. The Morgan fingerprint density at radius 3 is 1.82 bits per heavy atom. The van der Waals surface area contributed by atoms with Gasteiger partial charge in [-0.05, 0) is 42.4 Å². The molecule has 3 aliphatic heterocycles. The Labute approximate surface area is 401 Å². The van der Waals surface area contributed by atoms with E-state index in [-0.39, 0.29) is 32.5 Å². The van der Waals surface area contributed by atoms with Crippen molar-refractivity contribution >= 4 is 11.9 Å². The lowest BCUT2D eigenvalue weighted by molar-refractivity contribution is -0.397. The molecular weight excluding hydrogens is 869 g/mol. The number of rotatable bonds is 25. The molecule has 1 unspecified atom stereocenters. The van der Waals surface area contributed by atoms with E-state index in [1.165, 1.54) is 13.8 Å². The molecule has 13 nitrogen and oxygen atoms in total. The molecule has 7 rings (SSSR count). The number of benzene rings is 4. The normalized spacial score (nSPS) is 27.4. The molecule has 13 heteroatoms. The lowest BCUT2D eigenvalue weighted by atomic mass is 9.95. The van der Waals surface area contributed by atoms with Crippen LogP contribution in [0.25, 0.3) is 0 Å². The average Bonchev–Trinajstić information content (AvgIpc) is 3.35. The molecule has 12 atom stereocenters. The Hall–Kier alpha value is -4.80. The van der Waals surface area contributed by atoms with Crippen LogP contribution in [0.15, 0.2) is 134 Å². The summed E-state index contributed by atoms with van der Waals surface area (Å²) in [5.74, 6) is -1.25. The lowest BCUT2D eigenvalue weighted by Crippen LogP contribution is -2.67. The smallest absolute Gasteiger partial charge is 0.303 e. The van der Waals surface area contributed by atoms with Crippen molar-refractivity contribution in [3.63, 3.8) is 0 Å². The Kier molecular flexibility index (Phi) is 20.1. The van der Waals surface area contributed by atoms with Crippen molar-refractivity contribution in [3.8, 4) is 0 Å². The van der Waals surface area contributed by atoms with Gasteiger partial charge in [0, 0.05) is 19.4 Å². The van der Waals surface area contributed by atoms with Gasteiger partial charge in [-0.3, -0.25) is 9.59 Å². The predicted molar refractivity (Wildman–Crippen MR) is 253 cm³/mol. The van der Waals surface area contributed by atoms with Crippen LogP contribution in [0.1, 0.15) is 94.3 Å². The number of hydrogen-bond acceptors (Lipinski definition) is 13. The van der Waals surface area contributed by atoms with Crippen molar-refractivity contribution in [2.24, 2.45) is 0 Å². The van der Waals surface area contributed by atoms with Gasteiger partial charge in [-0.1, -0.05) is 154 Å². The molecule has 0 spiro atoms. The quantitative estimate of drug-likeness (QED) is 0.0355. The van der Waals surface area contributed by atoms with Crippen molar-refractivity contribution in [2.75, 3.05) is 13.2 Å². The predicted octanol–water partition coefficient (Wildman–Crippen LogP) is 9.51. The van der Waals surface area contributed by atoms with Crippen LogP contribution in [0, 0.1) is 0 Å². The van der Waals surface area contributed by atoms with E-state index in [0.29, 0.717) is 6.61 Å². The minimum atomic E-state index is -1.35. The number of fused-ring (bicyclic) bond motifs is 1. The molecule has 68 heavy (non-hydrogen) atoms. The summed E-state index contributed by atoms with van der Waals surface area (Å²) in [6, 6.07) is 39.1. The van der Waals surface area contributed by atoms with Crippen molar-refractivity contribution in [2.45, 2.75) is 159 Å². The van der Waals surface area contributed by atoms with Gasteiger partial charge in [0.15, 0.2) is 31.1 Å². The third kappa shape index (κ3) is 14.9. The highest BCUT2D eigenvalue weighted by Gasteiger charge is 2.57. The Morgan fingerprint density at radius 2 is 1.22 bits per heavy atom. The van der Waals surface area contributed by atoms with Gasteiger partial charge in [-0.25, -0.2) is 0 Å². The highest BCUT2D eigenvalue weighted by Crippen LogP contribution is 2.40. The second-order valence-corrected chi connectivity index (χ2v) is 17.5. The number of ether oxygens (including phenoxy) is 11. The van der Waals surface area contributed by atoms with E-state index in [1.54, 1.807) is 0 Å². The van der Waals surface area contributed by atoms with E-state index in [2.05, 4.69) is 13.5 Å². The van der Waals surface area contributed by atoms with Crippen molar-refractivity contribution in [1.82, 2.24) is 0 Å². The van der Waals surface area contributed by atoms with Crippen LogP contribution in [0.2, 0.25) is 0 Å². The fourth-order valence-electron chi connectivity index (χ4n) is 8.87. The molecule has 0 aliphatic carbocycles. The molecule has 4 aromatic rings. The van der Waals surface area contributed by atoms with Crippen LogP contribution in [-0.4, -0.2) is 92.7 Å². The Bertz CT molecular complexity index is 2070. The first kappa shape index (κ1) is 51.1. The van der Waals surface area contributed by atoms with Gasteiger partial charge in [0.05, 0.1) is 39.1 Å². The largest absolute Gasteiger partial charge is 0.455 e. The third-order valence-corrected chi connectivity index (χ3v) is 12.2. The summed E-state index contributed by atoms with van der Waals surface area (Å²) >= 11 is 0. The summed E-state index contributed by atoms with van der Waals surface area (Å²) in [6.45, 7) is 9.64. The number of allylic oxidation sites excluding steroid dienone is 1. The molecule has 3 saturated heterocycles. The first-order chi connectivity index (χ1) is 33.3. The average molecular weight is 937 g/mol. The molecule has 0 amide bonds. The number of esters is 2. The SMILES string of the molecule is C=CCCC[C@H](CCCCC)O[C@@H]1O[C@H](COCc2ccccc2)[C@@H](OCc2ccccc2)[C@H](OCc2ccccc2)[C@H]1O[C@@H]1O[C@@H]2COC(c3ccccc3)O[C@H]2[C@H](OC(C)=O)[C@H]1OC(C)=O. The number of carbonyl (C=O) groups is 2. The molecule has 366 valence electrons. The fourth-order valence-corrected chi connectivity index (χ4v) is 8.87. The van der Waals surface area contributed by atoms with Gasteiger partial charge in [-0.2, -0.15) is 0 Å². The van der Waals surface area contributed by atoms with Crippen molar-refractivity contribution in [3.05, 3.63) is 156 Å². The van der Waals surface area contributed by atoms with E-state index in [9.17, 15) is 9.59 Å².